The van der Waals surface area contributed by atoms with E-state index in [1.165, 1.54) is 48.4 Å². The van der Waals surface area contributed by atoms with Crippen LogP contribution in [0.15, 0.2) is 151 Å². The summed E-state index contributed by atoms with van der Waals surface area (Å²) in [5.74, 6) is 0. The number of fused-ring (bicyclic) bond motifs is 7. The van der Waals surface area contributed by atoms with Crippen molar-refractivity contribution in [3.8, 4) is 0 Å². The summed E-state index contributed by atoms with van der Waals surface area (Å²) in [6.45, 7) is 0. The number of anilines is 2. The molecule has 0 amide bonds. The van der Waals surface area contributed by atoms with Gasteiger partial charge in [-0.1, -0.05) is 78.9 Å². The van der Waals surface area contributed by atoms with Gasteiger partial charge in [0.15, 0.2) is 0 Å². The predicted molar refractivity (Wildman–Crippen MR) is 173 cm³/mol. The van der Waals surface area contributed by atoms with Crippen molar-refractivity contribution in [2.75, 3.05) is 4.90 Å². The Labute approximate surface area is 237 Å². The van der Waals surface area contributed by atoms with Crippen molar-refractivity contribution in [2.24, 2.45) is 0 Å². The van der Waals surface area contributed by atoms with Crippen molar-refractivity contribution in [3.63, 3.8) is 0 Å². The smallest absolute Gasteiger partial charge is 0.0544 e. The zero-order valence-corrected chi connectivity index (χ0v) is 22.7. The van der Waals surface area contributed by atoms with E-state index in [2.05, 4.69) is 154 Å². The van der Waals surface area contributed by atoms with Crippen LogP contribution in [0.1, 0.15) is 6.42 Å². The maximum atomic E-state index is 2.46. The Morgan fingerprint density at radius 2 is 1.32 bits per heavy atom. The molecule has 1 aliphatic rings. The molecule has 3 heteroatoms. The third-order valence-electron chi connectivity index (χ3n) is 7.88. The molecule has 2 aromatic heterocycles. The Bertz CT molecular complexity index is 2090. The van der Waals surface area contributed by atoms with Gasteiger partial charge in [0.2, 0.25) is 0 Å². The van der Waals surface area contributed by atoms with Crippen molar-refractivity contribution >= 4 is 71.1 Å². The highest BCUT2D eigenvalue weighted by Gasteiger charge is 2.18. The first-order chi connectivity index (χ1) is 19.9. The van der Waals surface area contributed by atoms with E-state index >= 15 is 0 Å². The molecule has 0 radical (unpaired) electrons. The summed E-state index contributed by atoms with van der Waals surface area (Å²) in [7, 11) is 0. The number of hydrogen-bond donors (Lipinski definition) is 0. The number of benzene rings is 5. The fraction of sp³-hybridized carbons (Fsp3) is 0.0270. The Morgan fingerprint density at radius 1 is 0.600 bits per heavy atom. The summed E-state index contributed by atoms with van der Waals surface area (Å²) in [5.41, 5.74) is 7.18. The highest BCUT2D eigenvalue weighted by Crippen LogP contribution is 2.41. The number of allylic oxidation sites excluding steroid dienone is 5. The maximum absolute atomic E-state index is 2.46. The molecule has 0 saturated carbocycles. The molecule has 2 nitrogen and oxygen atoms in total. The number of aromatic nitrogens is 1. The fourth-order valence-corrected chi connectivity index (χ4v) is 7.06. The third kappa shape index (κ3) is 3.63. The number of thiophene rings is 1. The second-order valence-corrected chi connectivity index (χ2v) is 11.1. The van der Waals surface area contributed by atoms with Gasteiger partial charge in [0.1, 0.15) is 0 Å². The van der Waals surface area contributed by atoms with Crippen LogP contribution in [0, 0.1) is 0 Å². The molecule has 0 fully saturated rings. The summed E-state index contributed by atoms with van der Waals surface area (Å²) in [6.07, 6.45) is 9.94. The van der Waals surface area contributed by atoms with Crippen LogP contribution in [0.2, 0.25) is 0 Å². The van der Waals surface area contributed by atoms with Gasteiger partial charge in [-0.15, -0.1) is 11.3 Å². The van der Waals surface area contributed by atoms with Crippen molar-refractivity contribution < 1.29 is 0 Å². The lowest BCUT2D eigenvalue weighted by Crippen LogP contribution is -2.14. The van der Waals surface area contributed by atoms with Crippen LogP contribution < -0.4 is 4.90 Å². The molecule has 7 aromatic rings. The van der Waals surface area contributed by atoms with Gasteiger partial charge in [-0.2, -0.15) is 0 Å². The van der Waals surface area contributed by atoms with Crippen LogP contribution in [0.25, 0.3) is 48.4 Å². The van der Waals surface area contributed by atoms with E-state index < -0.39 is 0 Å². The normalized spacial score (nSPS) is 13.6. The first kappa shape index (κ1) is 23.1. The first-order valence-corrected chi connectivity index (χ1v) is 14.5. The maximum Gasteiger partial charge on any atom is 0.0544 e. The minimum absolute atomic E-state index is 0.840. The lowest BCUT2D eigenvalue weighted by atomic mass is 10.0. The minimum Gasteiger partial charge on any atom is -0.313 e. The number of hydrogen-bond acceptors (Lipinski definition) is 2. The van der Waals surface area contributed by atoms with Crippen molar-refractivity contribution in [1.29, 1.82) is 0 Å². The van der Waals surface area contributed by atoms with Gasteiger partial charge in [-0.3, -0.25) is 0 Å². The highest BCUT2D eigenvalue weighted by atomic mass is 32.1. The van der Waals surface area contributed by atoms with Crippen LogP contribution in [0.3, 0.4) is 0 Å². The molecule has 1 aliphatic carbocycles. The van der Waals surface area contributed by atoms with Crippen LogP contribution in [0.4, 0.5) is 11.4 Å². The second kappa shape index (κ2) is 9.41. The van der Waals surface area contributed by atoms with Gasteiger partial charge in [0.05, 0.1) is 11.0 Å². The van der Waals surface area contributed by atoms with Crippen LogP contribution in [-0.2, 0) is 0 Å². The minimum atomic E-state index is 0.840. The Kier molecular flexibility index (Phi) is 5.42. The summed E-state index contributed by atoms with van der Waals surface area (Å²) in [4.78, 5) is 2.32. The first-order valence-electron chi connectivity index (χ1n) is 13.7. The number of nitrogens with zero attached hydrogens (tertiary/aromatic N) is 2. The fourth-order valence-electron chi connectivity index (χ4n) is 6.13. The molecule has 0 N–H and O–H groups in total. The van der Waals surface area contributed by atoms with E-state index in [0.717, 1.165) is 23.5 Å². The van der Waals surface area contributed by atoms with E-state index in [0.29, 0.717) is 0 Å². The lowest BCUT2D eigenvalue weighted by molar-refractivity contribution is 1.14. The van der Waals surface area contributed by atoms with Crippen molar-refractivity contribution in [3.05, 3.63) is 151 Å². The summed E-state index contributed by atoms with van der Waals surface area (Å²) < 4.78 is 3.82. The van der Waals surface area contributed by atoms with E-state index in [-0.39, 0.29) is 0 Å². The molecule has 0 aliphatic heterocycles. The van der Waals surface area contributed by atoms with E-state index in [1.807, 2.05) is 11.3 Å². The van der Waals surface area contributed by atoms with Gasteiger partial charge < -0.3 is 9.47 Å². The van der Waals surface area contributed by atoms with Crippen molar-refractivity contribution in [1.82, 2.24) is 4.57 Å². The molecule has 0 unspecified atom stereocenters. The predicted octanol–water partition coefficient (Wildman–Crippen LogP) is 10.7. The molecular formula is C37H26N2S. The topological polar surface area (TPSA) is 8.17 Å². The monoisotopic (exact) mass is 530 g/mol. The van der Waals surface area contributed by atoms with Gasteiger partial charge >= 0.3 is 0 Å². The van der Waals surface area contributed by atoms with E-state index in [1.54, 1.807) is 0 Å². The molecule has 0 bridgehead atoms. The Morgan fingerprint density at radius 3 is 2.12 bits per heavy atom. The van der Waals surface area contributed by atoms with Crippen LogP contribution in [-0.4, -0.2) is 4.57 Å². The standard InChI is InChI=1S/C37H26N2S/c1-3-10-27(11-4-1)38(28-12-5-2-6-13-28)29-14-9-15-30(20-19-29)39-34-17-8-7-16-33(34)36-31-21-18-26-24-25-40-37(26)32(31)22-23-35(36)39/h1-14,16-25H,15H2. The SMILES string of the molecule is C1=CC(N(c2ccccc2)c2ccccc2)=CC=C(n2c3ccccc3c3c4ccc5ccsc5c4ccc32)C1. The average molecular weight is 531 g/mol. The zero-order valence-electron chi connectivity index (χ0n) is 21.9. The van der Waals surface area contributed by atoms with Gasteiger partial charge in [-0.25, -0.2) is 0 Å². The number of rotatable bonds is 4. The van der Waals surface area contributed by atoms with E-state index in [4.69, 9.17) is 0 Å². The average Bonchev–Trinajstić information content (AvgIpc) is 3.55. The highest BCUT2D eigenvalue weighted by molar-refractivity contribution is 7.18. The van der Waals surface area contributed by atoms with Gasteiger partial charge in [0.25, 0.3) is 0 Å². The largest absolute Gasteiger partial charge is 0.313 e. The van der Waals surface area contributed by atoms with Crippen molar-refractivity contribution in [2.45, 2.75) is 6.42 Å². The van der Waals surface area contributed by atoms with Gasteiger partial charge in [-0.05, 0) is 76.8 Å². The molecule has 0 saturated heterocycles. The summed E-state index contributed by atoms with van der Waals surface area (Å²) >= 11 is 1.83. The molecule has 0 atom stereocenters. The third-order valence-corrected chi connectivity index (χ3v) is 8.85. The molecule has 5 aromatic carbocycles. The molecule has 8 rings (SSSR count). The summed E-state index contributed by atoms with van der Waals surface area (Å²) in [6, 6.07) is 41.4. The molecule has 0 spiro atoms. The Balaban J connectivity index is 1.34. The second-order valence-electron chi connectivity index (χ2n) is 10.2. The molecule has 190 valence electrons. The lowest BCUT2D eigenvalue weighted by Gasteiger charge is -2.26. The van der Waals surface area contributed by atoms with Crippen LogP contribution in [0.5, 0.6) is 0 Å². The molecular weight excluding hydrogens is 504 g/mol. The Hall–Kier alpha value is -4.86. The van der Waals surface area contributed by atoms with Crippen LogP contribution >= 0.6 is 11.3 Å². The summed E-state index contributed by atoms with van der Waals surface area (Å²) in [5, 5.41) is 8.79. The molecule has 40 heavy (non-hydrogen) atoms. The zero-order chi connectivity index (χ0) is 26.5. The van der Waals surface area contributed by atoms with E-state index in [9.17, 15) is 0 Å². The van der Waals surface area contributed by atoms with Gasteiger partial charge in [0, 0.05) is 50.0 Å². The quantitative estimate of drug-likeness (QED) is 0.220. The number of para-hydroxylation sites is 3. The molecule has 2 heterocycles.